The van der Waals surface area contributed by atoms with Crippen LogP contribution in [-0.2, 0) is 22.0 Å². The fraction of sp³-hybridized carbons (Fsp3) is 0.333. The first-order valence-electron chi connectivity index (χ1n) is 12.0. The van der Waals surface area contributed by atoms with E-state index >= 15 is 4.57 Å². The van der Waals surface area contributed by atoms with Crippen molar-refractivity contribution >= 4 is 52.7 Å². The second-order valence-corrected chi connectivity index (χ2v) is 14.5. The number of anilines is 3. The molecule has 2 heterocycles. The first-order valence-corrected chi connectivity index (χ1v) is 15.8. The SMILES string of the molecule is CCc1ccc2c(c1)N1c3cc(CC)ccc3P(=O)(N(CC)CC)c3cccc(c31)P2(C)=O. The second kappa shape index (κ2) is 7.98. The van der Waals surface area contributed by atoms with Gasteiger partial charge in [0, 0.05) is 23.7 Å². The summed E-state index contributed by atoms with van der Waals surface area (Å²) in [5.74, 6) is 0. The molecule has 33 heavy (non-hydrogen) atoms. The Hall–Kier alpha value is -2.12. The topological polar surface area (TPSA) is 40.6 Å². The summed E-state index contributed by atoms with van der Waals surface area (Å²) in [5.41, 5.74) is 5.24. The molecule has 0 spiro atoms. The van der Waals surface area contributed by atoms with E-state index in [0.29, 0.717) is 13.1 Å². The van der Waals surface area contributed by atoms with Gasteiger partial charge in [-0.3, -0.25) is 4.57 Å². The van der Waals surface area contributed by atoms with E-state index in [9.17, 15) is 4.57 Å². The summed E-state index contributed by atoms with van der Waals surface area (Å²) >= 11 is 0. The highest BCUT2D eigenvalue weighted by Crippen LogP contribution is 2.61. The molecule has 0 N–H and O–H groups in total. The average Bonchev–Trinajstić information content (AvgIpc) is 2.83. The summed E-state index contributed by atoms with van der Waals surface area (Å²) in [7, 11) is -5.95. The zero-order chi connectivity index (χ0) is 23.5. The van der Waals surface area contributed by atoms with Gasteiger partial charge >= 0.3 is 0 Å². The van der Waals surface area contributed by atoms with Gasteiger partial charge in [-0.05, 0) is 67.0 Å². The van der Waals surface area contributed by atoms with Gasteiger partial charge in [-0.1, -0.05) is 45.9 Å². The summed E-state index contributed by atoms with van der Waals surface area (Å²) in [6.45, 7) is 11.7. The molecule has 0 fully saturated rings. The molecule has 3 aromatic rings. The second-order valence-electron chi connectivity index (χ2n) is 8.97. The van der Waals surface area contributed by atoms with Gasteiger partial charge in [0.15, 0.2) is 0 Å². The van der Waals surface area contributed by atoms with E-state index in [1.165, 1.54) is 11.1 Å². The van der Waals surface area contributed by atoms with Crippen LogP contribution in [0.4, 0.5) is 17.1 Å². The van der Waals surface area contributed by atoms with E-state index < -0.39 is 14.4 Å². The van der Waals surface area contributed by atoms with E-state index in [2.05, 4.69) is 67.6 Å². The monoisotopic (exact) mass is 478 g/mol. The molecule has 2 aliphatic heterocycles. The van der Waals surface area contributed by atoms with Crippen LogP contribution < -0.4 is 26.1 Å². The molecule has 2 atom stereocenters. The molecule has 0 aliphatic carbocycles. The number of fused-ring (bicyclic) bond motifs is 4. The lowest BCUT2D eigenvalue weighted by Gasteiger charge is -2.45. The largest absolute Gasteiger partial charge is 0.314 e. The highest BCUT2D eigenvalue weighted by molar-refractivity contribution is 7.80. The molecule has 6 heteroatoms. The Labute approximate surface area is 197 Å². The fourth-order valence-corrected chi connectivity index (χ4v) is 11.0. The number of hydrogen-bond donors (Lipinski definition) is 0. The number of rotatable bonds is 5. The van der Waals surface area contributed by atoms with Crippen molar-refractivity contribution in [2.45, 2.75) is 40.5 Å². The van der Waals surface area contributed by atoms with Gasteiger partial charge in [0.2, 0.25) is 7.29 Å². The van der Waals surface area contributed by atoms with Crippen LogP contribution in [0.3, 0.4) is 0 Å². The normalized spacial score (nSPS) is 22.7. The van der Waals surface area contributed by atoms with Crippen LogP contribution in [0.15, 0.2) is 54.6 Å². The number of para-hydroxylation sites is 1. The number of benzene rings is 3. The van der Waals surface area contributed by atoms with Crippen LogP contribution in [0, 0.1) is 0 Å². The van der Waals surface area contributed by atoms with E-state index in [0.717, 1.165) is 51.1 Å². The Kier molecular flexibility index (Phi) is 5.48. The van der Waals surface area contributed by atoms with Crippen molar-refractivity contribution in [2.24, 2.45) is 0 Å². The molecule has 0 saturated heterocycles. The zero-order valence-corrected chi connectivity index (χ0v) is 21.9. The number of hydrogen-bond acceptors (Lipinski definition) is 3. The minimum Gasteiger partial charge on any atom is -0.314 e. The smallest absolute Gasteiger partial charge is 0.211 e. The summed E-state index contributed by atoms with van der Waals surface area (Å²) < 4.78 is 31.6. The predicted molar refractivity (Wildman–Crippen MR) is 142 cm³/mol. The zero-order valence-electron chi connectivity index (χ0n) is 20.1. The van der Waals surface area contributed by atoms with E-state index in [1.807, 2.05) is 30.9 Å². The molecule has 0 saturated carbocycles. The van der Waals surface area contributed by atoms with Gasteiger partial charge in [-0.25, -0.2) is 4.67 Å². The van der Waals surface area contributed by atoms with Crippen molar-refractivity contribution in [3.63, 3.8) is 0 Å². The van der Waals surface area contributed by atoms with Crippen LogP contribution >= 0.6 is 14.4 Å². The molecule has 0 radical (unpaired) electrons. The summed E-state index contributed by atoms with van der Waals surface area (Å²) in [5, 5.41) is 3.40. The van der Waals surface area contributed by atoms with Gasteiger partial charge < -0.3 is 9.46 Å². The highest BCUT2D eigenvalue weighted by atomic mass is 31.2. The standard InChI is InChI=1S/C27H32N2O2P2/c1-6-19-13-15-23-21(17-19)29-22-18-20(7-2)14-16-24(22)33(31,28(8-3)9-4)26-12-10-11-25(27(26)29)32(23,5)30/h10-18H,6-9H2,1-5H3. The van der Waals surface area contributed by atoms with Crippen LogP contribution in [0.25, 0.3) is 0 Å². The number of aryl methyl sites for hydroxylation is 2. The van der Waals surface area contributed by atoms with E-state index in [4.69, 9.17) is 0 Å². The van der Waals surface area contributed by atoms with Crippen molar-refractivity contribution in [1.82, 2.24) is 4.67 Å². The lowest BCUT2D eigenvalue weighted by Crippen LogP contribution is -2.45. The Balaban J connectivity index is 1.96. The molecular weight excluding hydrogens is 446 g/mol. The third-order valence-electron chi connectivity index (χ3n) is 7.30. The minimum absolute atomic E-state index is 0.687. The molecule has 0 amide bonds. The summed E-state index contributed by atoms with van der Waals surface area (Å²) in [4.78, 5) is 2.26. The molecule has 2 aliphatic rings. The first-order chi connectivity index (χ1) is 15.8. The van der Waals surface area contributed by atoms with Crippen molar-refractivity contribution in [1.29, 1.82) is 0 Å². The van der Waals surface area contributed by atoms with Crippen molar-refractivity contribution in [3.05, 3.63) is 65.7 Å². The molecule has 172 valence electrons. The Morgan fingerprint density at radius 2 is 1.27 bits per heavy atom. The third-order valence-corrected chi connectivity index (χ3v) is 13.3. The molecule has 2 unspecified atom stereocenters. The highest BCUT2D eigenvalue weighted by Gasteiger charge is 2.48. The maximum atomic E-state index is 15.1. The van der Waals surface area contributed by atoms with Crippen LogP contribution in [0.2, 0.25) is 0 Å². The lowest BCUT2D eigenvalue weighted by molar-refractivity contribution is 0.458. The molecule has 0 bridgehead atoms. The molecule has 0 aromatic heterocycles. The average molecular weight is 479 g/mol. The summed E-state index contributed by atoms with van der Waals surface area (Å²) in [6.07, 6.45) is 1.81. The van der Waals surface area contributed by atoms with Gasteiger partial charge in [0.25, 0.3) is 0 Å². The van der Waals surface area contributed by atoms with Gasteiger partial charge in [0.1, 0.15) is 7.14 Å². The predicted octanol–water partition coefficient (Wildman–Crippen LogP) is 5.42. The van der Waals surface area contributed by atoms with Gasteiger partial charge in [0.05, 0.1) is 27.7 Å². The van der Waals surface area contributed by atoms with E-state index in [-0.39, 0.29) is 0 Å². The van der Waals surface area contributed by atoms with Gasteiger partial charge in [-0.15, -0.1) is 0 Å². The Bertz CT molecular complexity index is 1360. The molecule has 3 aromatic carbocycles. The van der Waals surface area contributed by atoms with Crippen LogP contribution in [-0.4, -0.2) is 24.4 Å². The minimum atomic E-state index is -3.09. The van der Waals surface area contributed by atoms with Crippen LogP contribution in [0.1, 0.15) is 38.8 Å². The third kappa shape index (κ3) is 3.01. The maximum Gasteiger partial charge on any atom is 0.211 e. The van der Waals surface area contributed by atoms with Gasteiger partial charge in [-0.2, -0.15) is 0 Å². The van der Waals surface area contributed by atoms with Crippen molar-refractivity contribution < 1.29 is 9.13 Å². The fourth-order valence-electron chi connectivity index (χ4n) is 5.45. The van der Waals surface area contributed by atoms with E-state index in [1.54, 1.807) is 0 Å². The maximum absolute atomic E-state index is 15.1. The number of nitrogens with zero attached hydrogens (tertiary/aromatic N) is 2. The lowest BCUT2D eigenvalue weighted by atomic mass is 10.1. The van der Waals surface area contributed by atoms with Crippen molar-refractivity contribution in [3.8, 4) is 0 Å². The molecule has 5 rings (SSSR count). The Morgan fingerprint density at radius 3 is 1.85 bits per heavy atom. The Morgan fingerprint density at radius 1 is 0.727 bits per heavy atom. The molecule has 4 nitrogen and oxygen atoms in total. The van der Waals surface area contributed by atoms with Crippen molar-refractivity contribution in [2.75, 3.05) is 24.7 Å². The quantitative estimate of drug-likeness (QED) is 0.459. The first kappa shape index (κ1) is 22.7. The molecular formula is C27H32N2O2P2. The summed E-state index contributed by atoms with van der Waals surface area (Å²) in [6, 6.07) is 18.6. The van der Waals surface area contributed by atoms with Crippen LogP contribution in [0.5, 0.6) is 0 Å².